The molecule has 3 aromatic carbocycles. The van der Waals surface area contributed by atoms with Crippen molar-refractivity contribution < 1.29 is 52.2 Å². The number of carbonyl (C=O) groups is 1. The summed E-state index contributed by atoms with van der Waals surface area (Å²) in [6.07, 6.45) is -1.28. The van der Waals surface area contributed by atoms with Crippen LogP contribution in [0.4, 0.5) is 0 Å². The molecule has 0 aromatic heterocycles. The van der Waals surface area contributed by atoms with Crippen LogP contribution in [0.15, 0.2) is 36.4 Å². The number of esters is 1. The van der Waals surface area contributed by atoms with Gasteiger partial charge in [-0.05, 0) is 24.3 Å². The summed E-state index contributed by atoms with van der Waals surface area (Å²) in [5, 5.41) is 0. The molecule has 2 atom stereocenters. The Hall–Kier alpha value is -4.67. The molecule has 0 N–H and O–H groups in total. The van der Waals surface area contributed by atoms with Crippen LogP contribution in [-0.2, 0) is 11.2 Å². The fourth-order valence-electron chi connectivity index (χ4n) is 4.78. The molecule has 0 bridgehead atoms. The van der Waals surface area contributed by atoms with E-state index in [-0.39, 0.29) is 12.0 Å². The molecule has 3 aromatic rings. The highest BCUT2D eigenvalue weighted by molar-refractivity contribution is 5.91. The highest BCUT2D eigenvalue weighted by atomic mass is 16.6. The quantitative estimate of drug-likeness (QED) is 0.300. The topological polar surface area (TPSA) is 109 Å². The molecule has 0 radical (unpaired) electrons. The zero-order valence-corrected chi connectivity index (χ0v) is 24.3. The Labute approximate surface area is 238 Å². The van der Waals surface area contributed by atoms with E-state index in [4.69, 9.17) is 47.4 Å². The van der Waals surface area contributed by atoms with Crippen LogP contribution < -0.4 is 42.6 Å². The number of hydrogen-bond donors (Lipinski definition) is 0. The highest BCUT2D eigenvalue weighted by Gasteiger charge is 2.38. The van der Waals surface area contributed by atoms with E-state index < -0.39 is 18.2 Å². The second kappa shape index (κ2) is 12.7. The molecule has 4 rings (SSSR count). The molecular formula is C30H34O11. The summed E-state index contributed by atoms with van der Waals surface area (Å²) in [5.74, 6) is 3.26. The molecule has 0 unspecified atom stereocenters. The van der Waals surface area contributed by atoms with E-state index in [9.17, 15) is 4.79 Å². The van der Waals surface area contributed by atoms with E-state index in [0.29, 0.717) is 57.3 Å². The van der Waals surface area contributed by atoms with Gasteiger partial charge in [0.15, 0.2) is 29.1 Å². The first-order chi connectivity index (χ1) is 19.8. The first-order valence-electron chi connectivity index (χ1n) is 12.6. The van der Waals surface area contributed by atoms with Crippen molar-refractivity contribution in [2.45, 2.75) is 18.6 Å². The zero-order chi connectivity index (χ0) is 29.7. The molecule has 0 amide bonds. The summed E-state index contributed by atoms with van der Waals surface area (Å²) in [6, 6.07) is 10.1. The second-order valence-electron chi connectivity index (χ2n) is 8.87. The fraction of sp³-hybridized carbons (Fsp3) is 0.367. The molecule has 11 heteroatoms. The van der Waals surface area contributed by atoms with Crippen LogP contribution in [-0.4, -0.2) is 69.0 Å². The lowest BCUT2D eigenvalue weighted by Crippen LogP contribution is -2.35. The monoisotopic (exact) mass is 570 g/mol. The second-order valence-corrected chi connectivity index (χ2v) is 8.87. The number of hydrogen-bond acceptors (Lipinski definition) is 11. The van der Waals surface area contributed by atoms with Crippen molar-refractivity contribution in [1.82, 2.24) is 0 Å². The van der Waals surface area contributed by atoms with Gasteiger partial charge in [0.2, 0.25) is 11.5 Å². The molecule has 41 heavy (non-hydrogen) atoms. The van der Waals surface area contributed by atoms with E-state index in [1.165, 1.54) is 54.8 Å². The Morgan fingerprint density at radius 2 is 1.15 bits per heavy atom. The van der Waals surface area contributed by atoms with Gasteiger partial charge in [0.05, 0.1) is 62.4 Å². The average molecular weight is 571 g/mol. The van der Waals surface area contributed by atoms with Crippen molar-refractivity contribution >= 4 is 5.97 Å². The molecule has 0 spiro atoms. The maximum absolute atomic E-state index is 13.6. The Morgan fingerprint density at radius 1 is 0.634 bits per heavy atom. The van der Waals surface area contributed by atoms with Crippen LogP contribution in [0.1, 0.15) is 27.6 Å². The number of carbonyl (C=O) groups excluding carboxylic acids is 1. The Morgan fingerprint density at radius 3 is 1.61 bits per heavy atom. The summed E-state index contributed by atoms with van der Waals surface area (Å²) >= 11 is 0. The average Bonchev–Trinajstić information content (AvgIpc) is 3.02. The molecule has 0 fully saturated rings. The van der Waals surface area contributed by atoms with Crippen molar-refractivity contribution in [2.24, 2.45) is 0 Å². The van der Waals surface area contributed by atoms with Crippen LogP contribution in [0.2, 0.25) is 0 Å². The van der Waals surface area contributed by atoms with E-state index in [1.54, 1.807) is 38.5 Å². The van der Waals surface area contributed by atoms with Crippen LogP contribution in [0.5, 0.6) is 51.7 Å². The van der Waals surface area contributed by atoms with E-state index in [2.05, 4.69) is 0 Å². The van der Waals surface area contributed by atoms with Crippen molar-refractivity contribution in [3.63, 3.8) is 0 Å². The largest absolute Gasteiger partial charge is 0.496 e. The van der Waals surface area contributed by atoms with Gasteiger partial charge in [0.25, 0.3) is 0 Å². The number of ether oxygens (including phenoxy) is 10. The summed E-state index contributed by atoms with van der Waals surface area (Å²) in [4.78, 5) is 13.6. The molecule has 0 aliphatic carbocycles. The standard InChI is InChI=1S/C30H34O11/c1-32-18-13-20(33-2)19-15-26(41-30(31)17-11-24(36-5)29(39-8)25(12-17)37-6)27(40-21(19)14-18)16-9-22(34-3)28(38-7)23(10-16)35-4/h9-14,26-27H,15H2,1-8H3/t26-,27-/m0/s1. The predicted molar refractivity (Wildman–Crippen MR) is 148 cm³/mol. The van der Waals surface area contributed by atoms with Crippen molar-refractivity contribution in [3.05, 3.63) is 53.1 Å². The number of rotatable bonds is 11. The summed E-state index contributed by atoms with van der Waals surface area (Å²) in [5.41, 5.74) is 1.56. The van der Waals surface area contributed by atoms with Crippen molar-refractivity contribution in [1.29, 1.82) is 0 Å². The van der Waals surface area contributed by atoms with Crippen molar-refractivity contribution in [3.8, 4) is 51.7 Å². The summed E-state index contributed by atoms with van der Waals surface area (Å²) < 4.78 is 56.5. The normalized spacial score (nSPS) is 15.5. The minimum absolute atomic E-state index is 0.204. The van der Waals surface area contributed by atoms with Gasteiger partial charge >= 0.3 is 5.97 Å². The Balaban J connectivity index is 1.81. The molecule has 1 aliphatic heterocycles. The minimum Gasteiger partial charge on any atom is -0.496 e. The molecule has 11 nitrogen and oxygen atoms in total. The third kappa shape index (κ3) is 5.65. The summed E-state index contributed by atoms with van der Waals surface area (Å²) in [7, 11) is 12.1. The van der Waals surface area contributed by atoms with Crippen LogP contribution in [0.25, 0.3) is 0 Å². The molecular weight excluding hydrogens is 536 g/mol. The van der Waals surface area contributed by atoms with Gasteiger partial charge in [0, 0.05) is 29.7 Å². The lowest BCUT2D eigenvalue weighted by atomic mass is 9.93. The Bertz CT molecular complexity index is 1350. The first-order valence-corrected chi connectivity index (χ1v) is 12.6. The molecule has 0 saturated carbocycles. The third-order valence-corrected chi connectivity index (χ3v) is 6.77. The third-order valence-electron chi connectivity index (χ3n) is 6.77. The minimum atomic E-state index is -0.792. The van der Waals surface area contributed by atoms with Gasteiger partial charge in [-0.15, -0.1) is 0 Å². The fourth-order valence-corrected chi connectivity index (χ4v) is 4.78. The zero-order valence-electron chi connectivity index (χ0n) is 24.3. The van der Waals surface area contributed by atoms with Crippen LogP contribution >= 0.6 is 0 Å². The van der Waals surface area contributed by atoms with Gasteiger partial charge in [-0.2, -0.15) is 0 Å². The number of benzene rings is 3. The smallest absolute Gasteiger partial charge is 0.338 e. The van der Waals surface area contributed by atoms with Gasteiger partial charge in [-0.1, -0.05) is 0 Å². The maximum atomic E-state index is 13.6. The highest BCUT2D eigenvalue weighted by Crippen LogP contribution is 2.47. The van der Waals surface area contributed by atoms with Crippen LogP contribution in [0, 0.1) is 0 Å². The van der Waals surface area contributed by atoms with Crippen molar-refractivity contribution in [2.75, 3.05) is 56.9 Å². The molecule has 1 heterocycles. The Kier molecular flexibility index (Phi) is 9.06. The van der Waals surface area contributed by atoms with E-state index in [0.717, 1.165) is 5.56 Å². The van der Waals surface area contributed by atoms with E-state index in [1.807, 2.05) is 0 Å². The number of fused-ring (bicyclic) bond motifs is 1. The van der Waals surface area contributed by atoms with Gasteiger partial charge < -0.3 is 47.4 Å². The first kappa shape index (κ1) is 29.3. The van der Waals surface area contributed by atoms with E-state index >= 15 is 0 Å². The molecule has 0 saturated heterocycles. The molecule has 1 aliphatic rings. The van der Waals surface area contributed by atoms with Gasteiger partial charge in [0.1, 0.15) is 23.4 Å². The molecule has 220 valence electrons. The lowest BCUT2D eigenvalue weighted by Gasteiger charge is -2.34. The van der Waals surface area contributed by atoms with Gasteiger partial charge in [-0.3, -0.25) is 0 Å². The summed E-state index contributed by atoms with van der Waals surface area (Å²) in [6.45, 7) is 0. The predicted octanol–water partition coefficient (Wildman–Crippen LogP) is 4.66. The van der Waals surface area contributed by atoms with Crippen LogP contribution in [0.3, 0.4) is 0 Å². The lowest BCUT2D eigenvalue weighted by molar-refractivity contribution is -0.0189. The SMILES string of the molecule is COc1cc(OC)c2c(c1)O[C@@H](c1cc(OC)c(OC)c(OC)c1)[C@@H](OC(=O)c1cc(OC)c(OC)c(OC)c1)C2. The number of methoxy groups -OCH3 is 8. The maximum Gasteiger partial charge on any atom is 0.338 e. The van der Waals surface area contributed by atoms with Gasteiger partial charge in [-0.25, -0.2) is 4.79 Å².